The highest BCUT2D eigenvalue weighted by molar-refractivity contribution is 8.00. The Morgan fingerprint density at radius 2 is 1.12 bits per heavy atom. The van der Waals surface area contributed by atoms with Crippen molar-refractivity contribution in [1.82, 2.24) is 0 Å². The summed E-state index contributed by atoms with van der Waals surface area (Å²) in [5, 5.41) is 23.2. The molecule has 2 N–H and O–H groups in total. The van der Waals surface area contributed by atoms with E-state index in [0.717, 1.165) is 53.6 Å². The summed E-state index contributed by atoms with van der Waals surface area (Å²) in [4.78, 5) is 25.9. The maximum atomic E-state index is 14.1. The number of unbranched alkanes of at least 4 members (excludes halogenated alkanes) is 5. The van der Waals surface area contributed by atoms with E-state index < -0.39 is 36.7 Å². The van der Waals surface area contributed by atoms with E-state index in [0.29, 0.717) is 0 Å². The van der Waals surface area contributed by atoms with Crippen LogP contribution in [-0.4, -0.2) is 42.5 Å². The lowest BCUT2D eigenvalue weighted by molar-refractivity contribution is -0.172. The summed E-state index contributed by atoms with van der Waals surface area (Å²) in [6.45, 7) is 7.81. The van der Waals surface area contributed by atoms with E-state index >= 15 is 0 Å². The summed E-state index contributed by atoms with van der Waals surface area (Å²) < 4.78 is 6.22. The van der Waals surface area contributed by atoms with Crippen molar-refractivity contribution in [3.63, 3.8) is 0 Å². The molecule has 0 saturated heterocycles. The zero-order valence-electron chi connectivity index (χ0n) is 30.1. The average Bonchev–Trinajstić information content (AvgIpc) is 3.10. The molecule has 0 amide bonds. The molecule has 0 aromatic heterocycles. The standard InChI is InChI=1S/C43H54O5SSi/c1-41(2,3)43(40(46)47,48-50(36-27-16-10-17-28-36)37-29-18-11-19-30-37)42(4,49-33-32-39(44)45)38-31-21-20-26-35(38)25-15-8-6-5-7-12-22-34-23-13-9-14-24-34/h9-11,13-14,16-21,23-24,26-31,50H,5-8,12,15,22,25,32-33H2,1-4H3,(H,44,45)(H,46,47). The van der Waals surface area contributed by atoms with Crippen molar-refractivity contribution >= 4 is 43.1 Å². The molecule has 0 aliphatic heterocycles. The number of carboxylic acid groups (broad SMARTS) is 2. The van der Waals surface area contributed by atoms with E-state index in [1.165, 1.54) is 36.6 Å². The maximum Gasteiger partial charge on any atom is 0.337 e. The first-order valence-corrected chi connectivity index (χ1v) is 20.6. The quantitative estimate of drug-likeness (QED) is 0.0706. The van der Waals surface area contributed by atoms with Gasteiger partial charge >= 0.3 is 11.9 Å². The van der Waals surface area contributed by atoms with Crippen molar-refractivity contribution in [2.45, 2.75) is 95.8 Å². The van der Waals surface area contributed by atoms with Gasteiger partial charge in [0.2, 0.25) is 9.04 Å². The first kappa shape index (κ1) is 39.1. The second kappa shape index (κ2) is 18.5. The second-order valence-corrected chi connectivity index (χ2v) is 18.2. The number of carbonyl (C=O) groups is 2. The topological polar surface area (TPSA) is 83.8 Å². The van der Waals surface area contributed by atoms with Crippen LogP contribution in [0.15, 0.2) is 115 Å². The fourth-order valence-corrected chi connectivity index (χ4v) is 11.9. The first-order valence-electron chi connectivity index (χ1n) is 18.0. The molecule has 2 unspecified atom stereocenters. The normalized spacial score (nSPS) is 14.2. The van der Waals surface area contributed by atoms with E-state index in [-0.39, 0.29) is 12.2 Å². The van der Waals surface area contributed by atoms with Crippen LogP contribution in [0.2, 0.25) is 0 Å². The van der Waals surface area contributed by atoms with Gasteiger partial charge in [-0.05, 0) is 59.7 Å². The summed E-state index contributed by atoms with van der Waals surface area (Å²) in [6, 6.07) is 38.7. The fraction of sp³-hybridized carbons (Fsp3) is 0.395. The molecule has 4 aromatic carbocycles. The van der Waals surface area contributed by atoms with Gasteiger partial charge in [-0.3, -0.25) is 4.79 Å². The van der Waals surface area contributed by atoms with Gasteiger partial charge in [0.25, 0.3) is 0 Å². The molecule has 50 heavy (non-hydrogen) atoms. The molecule has 4 aromatic rings. The predicted octanol–water partition coefficient (Wildman–Crippen LogP) is 8.66. The first-order chi connectivity index (χ1) is 24.0. The third-order valence-electron chi connectivity index (χ3n) is 9.77. The van der Waals surface area contributed by atoms with Gasteiger partial charge in [-0.1, -0.05) is 162 Å². The SMILES string of the molecule is CC(C)(C)C(O[SiH](c1ccccc1)c1ccccc1)(C(=O)O)C(C)(SCCC(=O)O)c1ccccc1CCCCCCCCc1ccccc1. The van der Waals surface area contributed by atoms with Crippen LogP contribution in [0.1, 0.15) is 89.3 Å². The number of carboxylic acids is 2. The Morgan fingerprint density at radius 1 is 0.640 bits per heavy atom. The van der Waals surface area contributed by atoms with Crippen LogP contribution in [0, 0.1) is 5.41 Å². The lowest BCUT2D eigenvalue weighted by atomic mass is 9.66. The summed E-state index contributed by atoms with van der Waals surface area (Å²) in [6.07, 6.45) is 8.70. The minimum absolute atomic E-state index is 0.0786. The molecular formula is C43H54O5SSi. The molecule has 0 spiro atoms. The van der Waals surface area contributed by atoms with E-state index in [1.807, 2.05) is 107 Å². The highest BCUT2D eigenvalue weighted by Gasteiger charge is 2.64. The zero-order valence-corrected chi connectivity index (χ0v) is 32.1. The monoisotopic (exact) mass is 710 g/mol. The number of aryl methyl sites for hydroxylation is 2. The van der Waals surface area contributed by atoms with Crippen LogP contribution in [0.25, 0.3) is 0 Å². The number of hydrogen-bond donors (Lipinski definition) is 2. The molecule has 7 heteroatoms. The Hall–Kier alpha value is -3.65. The largest absolute Gasteiger partial charge is 0.481 e. The Morgan fingerprint density at radius 3 is 1.64 bits per heavy atom. The number of hydrogen-bond acceptors (Lipinski definition) is 4. The molecule has 0 heterocycles. The molecule has 0 aliphatic rings. The Bertz CT molecular complexity index is 1590. The molecule has 0 bridgehead atoms. The third kappa shape index (κ3) is 9.77. The van der Waals surface area contributed by atoms with Crippen LogP contribution in [0.5, 0.6) is 0 Å². The molecular weight excluding hydrogens is 657 g/mol. The van der Waals surface area contributed by atoms with Crippen LogP contribution < -0.4 is 10.4 Å². The number of rotatable bonds is 20. The van der Waals surface area contributed by atoms with E-state index in [9.17, 15) is 19.8 Å². The lowest BCUT2D eigenvalue weighted by Gasteiger charge is -2.54. The van der Waals surface area contributed by atoms with Crippen LogP contribution >= 0.6 is 11.8 Å². The maximum absolute atomic E-state index is 14.1. The highest BCUT2D eigenvalue weighted by atomic mass is 32.2. The van der Waals surface area contributed by atoms with Gasteiger partial charge in [0.1, 0.15) is 0 Å². The molecule has 0 radical (unpaired) electrons. The molecule has 0 saturated carbocycles. The molecule has 0 fully saturated rings. The number of aliphatic carboxylic acids is 2. The minimum Gasteiger partial charge on any atom is -0.481 e. The smallest absolute Gasteiger partial charge is 0.337 e. The summed E-state index contributed by atoms with van der Waals surface area (Å²) in [7, 11) is -2.60. The van der Waals surface area contributed by atoms with E-state index in [1.54, 1.807) is 0 Å². The number of thioether (sulfide) groups is 1. The van der Waals surface area contributed by atoms with Gasteiger partial charge in [-0.25, -0.2) is 4.79 Å². The van der Waals surface area contributed by atoms with Gasteiger partial charge in [-0.2, -0.15) is 0 Å². The number of benzene rings is 4. The predicted molar refractivity (Wildman–Crippen MR) is 210 cm³/mol. The summed E-state index contributed by atoms with van der Waals surface area (Å²) >= 11 is 1.40. The van der Waals surface area contributed by atoms with Gasteiger partial charge < -0.3 is 14.6 Å². The van der Waals surface area contributed by atoms with Gasteiger partial charge in [-0.15, -0.1) is 11.8 Å². The van der Waals surface area contributed by atoms with Crippen molar-refractivity contribution in [1.29, 1.82) is 0 Å². The Kier molecular flexibility index (Phi) is 14.5. The molecule has 5 nitrogen and oxygen atoms in total. The highest BCUT2D eigenvalue weighted by Crippen LogP contribution is 2.56. The van der Waals surface area contributed by atoms with Crippen LogP contribution in [0.3, 0.4) is 0 Å². The van der Waals surface area contributed by atoms with Crippen molar-refractivity contribution in [2.24, 2.45) is 5.41 Å². The minimum atomic E-state index is -2.60. The second-order valence-electron chi connectivity index (χ2n) is 14.3. The van der Waals surface area contributed by atoms with Crippen molar-refractivity contribution in [3.8, 4) is 0 Å². The van der Waals surface area contributed by atoms with Gasteiger partial charge in [0.15, 0.2) is 5.60 Å². The molecule has 4 rings (SSSR count). The van der Waals surface area contributed by atoms with E-state index in [2.05, 4.69) is 36.4 Å². The fourth-order valence-electron chi connectivity index (χ4n) is 7.25. The van der Waals surface area contributed by atoms with Crippen LogP contribution in [0.4, 0.5) is 0 Å². The van der Waals surface area contributed by atoms with Crippen molar-refractivity contribution < 1.29 is 24.2 Å². The van der Waals surface area contributed by atoms with E-state index in [4.69, 9.17) is 4.43 Å². The van der Waals surface area contributed by atoms with Crippen molar-refractivity contribution in [2.75, 3.05) is 5.75 Å². The third-order valence-corrected chi connectivity index (χ3v) is 13.8. The average molecular weight is 711 g/mol. The van der Waals surface area contributed by atoms with Crippen molar-refractivity contribution in [3.05, 3.63) is 132 Å². The van der Waals surface area contributed by atoms with Gasteiger partial charge in [0.05, 0.1) is 11.2 Å². The lowest BCUT2D eigenvalue weighted by Crippen LogP contribution is -2.68. The zero-order chi connectivity index (χ0) is 36.0. The Labute approximate surface area is 305 Å². The molecule has 266 valence electrons. The Balaban J connectivity index is 1.67. The van der Waals surface area contributed by atoms with Crippen LogP contribution in [-0.2, 0) is 31.6 Å². The molecule has 0 aliphatic carbocycles. The summed E-state index contributed by atoms with van der Waals surface area (Å²) in [5.74, 6) is -1.69. The van der Waals surface area contributed by atoms with Gasteiger partial charge in [0, 0.05) is 11.2 Å². The molecule has 2 atom stereocenters. The summed E-state index contributed by atoms with van der Waals surface area (Å²) in [5.41, 5.74) is 0.792.